The van der Waals surface area contributed by atoms with E-state index in [9.17, 15) is 0 Å². The van der Waals surface area contributed by atoms with Gasteiger partial charge in [0.15, 0.2) is 0 Å². The lowest BCUT2D eigenvalue weighted by atomic mass is 10.2. The molecule has 0 saturated heterocycles. The Morgan fingerprint density at radius 3 is 2.21 bits per heavy atom. The molecule has 0 fully saturated rings. The van der Waals surface area contributed by atoms with Crippen molar-refractivity contribution in [1.29, 1.82) is 0 Å². The monoisotopic (exact) mass is 398 g/mol. The molecule has 3 rings (SSSR count). The van der Waals surface area contributed by atoms with E-state index in [1.165, 1.54) is 11.3 Å². The Morgan fingerprint density at radius 2 is 1.75 bits per heavy atom. The Balaban J connectivity index is 0.000000213. The van der Waals surface area contributed by atoms with Gasteiger partial charge >= 0.3 is 0 Å². The summed E-state index contributed by atoms with van der Waals surface area (Å²) in [5, 5.41) is 11.9. The lowest BCUT2D eigenvalue weighted by Crippen LogP contribution is -2.08. The fourth-order valence-electron chi connectivity index (χ4n) is 2.06. The summed E-state index contributed by atoms with van der Waals surface area (Å²) in [5.41, 5.74) is 9.88. The quantitative estimate of drug-likeness (QED) is 0.497. The Bertz CT molecular complexity index is 802. The van der Waals surface area contributed by atoms with Gasteiger partial charge in [0, 0.05) is 43.6 Å². The topological polar surface area (TPSA) is 74.4 Å². The second-order valence-corrected chi connectivity index (χ2v) is 6.73. The van der Waals surface area contributed by atoms with E-state index in [1.807, 2.05) is 50.3 Å². The van der Waals surface area contributed by atoms with E-state index in [1.54, 1.807) is 18.3 Å². The number of nitrogens with zero attached hydrogens (tertiary/aromatic N) is 2. The lowest BCUT2D eigenvalue weighted by molar-refractivity contribution is 0.282. The van der Waals surface area contributed by atoms with Crippen molar-refractivity contribution in [2.24, 2.45) is 0 Å². The van der Waals surface area contributed by atoms with Crippen LogP contribution in [-0.4, -0.2) is 31.2 Å². The number of pyridine rings is 1. The first-order valence-electron chi connectivity index (χ1n) is 8.88. The van der Waals surface area contributed by atoms with E-state index >= 15 is 0 Å². The van der Waals surface area contributed by atoms with Crippen LogP contribution >= 0.6 is 12.6 Å². The number of aromatic nitrogens is 1. The van der Waals surface area contributed by atoms with Gasteiger partial charge in [0.2, 0.25) is 0 Å². The number of benzene rings is 2. The number of nitrogens with two attached hydrogens (primary N) is 1. The molecule has 0 unspecified atom stereocenters. The first kappa shape index (κ1) is 23.3. The van der Waals surface area contributed by atoms with Gasteiger partial charge in [-0.05, 0) is 48.9 Å². The maximum absolute atomic E-state index is 8.83. The average molecular weight is 399 g/mol. The van der Waals surface area contributed by atoms with Crippen molar-refractivity contribution in [3.8, 4) is 0 Å². The van der Waals surface area contributed by atoms with Gasteiger partial charge in [-0.3, -0.25) is 0 Å². The van der Waals surface area contributed by atoms with Crippen LogP contribution in [0.15, 0.2) is 71.8 Å². The maximum Gasteiger partial charge on any atom is 0.136 e. The largest absolute Gasteiger partial charge is 0.392 e. The van der Waals surface area contributed by atoms with Gasteiger partial charge < -0.3 is 21.1 Å². The van der Waals surface area contributed by atoms with Gasteiger partial charge in [-0.1, -0.05) is 29.8 Å². The van der Waals surface area contributed by atoms with Crippen LogP contribution in [0.1, 0.15) is 11.1 Å². The fourth-order valence-corrected chi connectivity index (χ4v) is 2.21. The number of rotatable bonds is 3. The number of hydrogen-bond donors (Lipinski definition) is 4. The summed E-state index contributed by atoms with van der Waals surface area (Å²) in [6, 6.07) is 19.7. The molecule has 0 aliphatic carbocycles. The minimum absolute atomic E-state index is 0.113. The average Bonchev–Trinajstić information content (AvgIpc) is 2.72. The van der Waals surface area contributed by atoms with Crippen LogP contribution in [0.3, 0.4) is 0 Å². The number of thiol groups is 1. The van der Waals surface area contributed by atoms with E-state index in [-0.39, 0.29) is 6.61 Å². The van der Waals surface area contributed by atoms with E-state index in [0.29, 0.717) is 5.82 Å². The van der Waals surface area contributed by atoms with E-state index in [2.05, 4.69) is 54.1 Å². The van der Waals surface area contributed by atoms with Crippen molar-refractivity contribution in [3.63, 3.8) is 0 Å². The molecular weight excluding hydrogens is 368 g/mol. The Labute approximate surface area is 173 Å². The van der Waals surface area contributed by atoms with Crippen LogP contribution in [0.2, 0.25) is 0 Å². The molecule has 0 radical (unpaired) electrons. The molecule has 28 heavy (non-hydrogen) atoms. The third-order valence-corrected chi connectivity index (χ3v) is 4.14. The molecule has 6 heteroatoms. The summed E-state index contributed by atoms with van der Waals surface area (Å²) in [4.78, 5) is 6.52. The van der Waals surface area contributed by atoms with Crippen molar-refractivity contribution >= 4 is 29.8 Å². The van der Waals surface area contributed by atoms with Gasteiger partial charge in [-0.2, -0.15) is 0 Å². The molecule has 0 aliphatic rings. The fraction of sp³-hybridized carbons (Fsp3) is 0.227. The second kappa shape index (κ2) is 12.6. The molecule has 0 amide bonds. The lowest BCUT2D eigenvalue weighted by Gasteiger charge is -2.12. The third-order valence-electron chi connectivity index (χ3n) is 3.77. The molecule has 0 atom stereocenters. The Kier molecular flexibility index (Phi) is 10.5. The van der Waals surface area contributed by atoms with Gasteiger partial charge in [-0.25, -0.2) is 4.98 Å². The number of aliphatic hydroxyl groups is 1. The Morgan fingerprint density at radius 1 is 1.07 bits per heavy atom. The summed E-state index contributed by atoms with van der Waals surface area (Å²) in [5.74, 6) is 0.482. The number of nitrogens with one attached hydrogen (secondary N) is 1. The third kappa shape index (κ3) is 8.79. The highest BCUT2D eigenvalue weighted by Crippen LogP contribution is 2.12. The van der Waals surface area contributed by atoms with Crippen LogP contribution < -0.4 is 16.0 Å². The number of aliphatic hydroxyl groups excluding tert-OH is 1. The van der Waals surface area contributed by atoms with Crippen molar-refractivity contribution in [2.45, 2.75) is 18.4 Å². The van der Waals surface area contributed by atoms with Crippen molar-refractivity contribution < 1.29 is 5.11 Å². The number of hydrogen-bond acceptors (Lipinski definition) is 6. The van der Waals surface area contributed by atoms with Crippen molar-refractivity contribution in [2.75, 3.05) is 37.1 Å². The minimum atomic E-state index is 0.113. The minimum Gasteiger partial charge on any atom is -0.392 e. The molecule has 3 aromatic rings. The van der Waals surface area contributed by atoms with Crippen LogP contribution in [0.4, 0.5) is 17.2 Å². The van der Waals surface area contributed by atoms with E-state index in [0.717, 1.165) is 16.1 Å². The Hall–Kier alpha value is -2.70. The molecule has 0 aliphatic heterocycles. The first-order chi connectivity index (χ1) is 13.4. The number of anilines is 3. The zero-order chi connectivity index (χ0) is 20.9. The molecule has 4 N–H and O–H groups in total. The second-order valence-electron chi connectivity index (χ2n) is 6.25. The van der Waals surface area contributed by atoms with Gasteiger partial charge in [-0.15, -0.1) is 12.6 Å². The molecule has 1 heterocycles. The van der Waals surface area contributed by atoms with Crippen molar-refractivity contribution in [3.05, 3.63) is 78.0 Å². The first-order valence-corrected chi connectivity index (χ1v) is 9.33. The van der Waals surface area contributed by atoms with Crippen LogP contribution in [-0.2, 0) is 6.61 Å². The van der Waals surface area contributed by atoms with E-state index < -0.39 is 0 Å². The van der Waals surface area contributed by atoms with Gasteiger partial charge in [0.1, 0.15) is 5.82 Å². The molecule has 0 bridgehead atoms. The molecular formula is C22H30N4OS. The SMILES string of the molecule is CN(C)c1cccc(CO)c1.CNc1ccc(C)cc1.Nc1ncccc1S. The summed E-state index contributed by atoms with van der Waals surface area (Å²) >= 11 is 4.01. The predicted molar refractivity (Wildman–Crippen MR) is 123 cm³/mol. The summed E-state index contributed by atoms with van der Waals surface area (Å²) in [6.45, 7) is 2.20. The predicted octanol–water partition coefficient (Wildman–Crippen LogP) is 4.23. The highest BCUT2D eigenvalue weighted by atomic mass is 32.1. The smallest absolute Gasteiger partial charge is 0.136 e. The summed E-state index contributed by atoms with van der Waals surface area (Å²) in [7, 11) is 5.89. The molecule has 0 spiro atoms. The van der Waals surface area contributed by atoms with Crippen LogP contribution in [0.25, 0.3) is 0 Å². The van der Waals surface area contributed by atoms with E-state index in [4.69, 9.17) is 10.8 Å². The molecule has 2 aromatic carbocycles. The van der Waals surface area contributed by atoms with Gasteiger partial charge in [0.25, 0.3) is 0 Å². The zero-order valence-electron chi connectivity index (χ0n) is 16.9. The molecule has 5 nitrogen and oxygen atoms in total. The summed E-state index contributed by atoms with van der Waals surface area (Å²) in [6.07, 6.45) is 1.63. The number of nitrogen functional groups attached to an aromatic ring is 1. The molecule has 150 valence electrons. The standard InChI is InChI=1S/C9H13NO.C8H11N.C5H6N2S/c1-10(2)9-5-3-4-8(6-9)7-11;1-7-3-5-8(9-2)6-4-7;6-5-4(8)2-1-3-7-5/h3-6,11H,7H2,1-2H3;3-6,9H,1-2H3;1-3,8H,(H2,6,7). The van der Waals surface area contributed by atoms with Crippen molar-refractivity contribution in [1.82, 2.24) is 4.98 Å². The van der Waals surface area contributed by atoms with Crippen LogP contribution in [0, 0.1) is 6.92 Å². The molecule has 1 aromatic heterocycles. The van der Waals surface area contributed by atoms with Crippen LogP contribution in [0.5, 0.6) is 0 Å². The number of aryl methyl sites for hydroxylation is 1. The summed E-state index contributed by atoms with van der Waals surface area (Å²) < 4.78 is 0. The highest BCUT2D eigenvalue weighted by molar-refractivity contribution is 7.80. The molecule has 0 saturated carbocycles. The zero-order valence-corrected chi connectivity index (χ0v) is 17.8. The highest BCUT2D eigenvalue weighted by Gasteiger charge is 1.94. The van der Waals surface area contributed by atoms with Gasteiger partial charge in [0.05, 0.1) is 6.61 Å². The normalized spacial score (nSPS) is 9.36. The maximum atomic E-state index is 8.83.